The summed E-state index contributed by atoms with van der Waals surface area (Å²) in [6.07, 6.45) is 7.10. The highest BCUT2D eigenvalue weighted by molar-refractivity contribution is 5.30. The van der Waals surface area contributed by atoms with Gasteiger partial charge in [-0.2, -0.15) is 0 Å². The highest BCUT2D eigenvalue weighted by Crippen LogP contribution is 2.23. The normalized spacial score (nSPS) is 14.7. The number of hydrogen-bond acceptors (Lipinski definition) is 3. The van der Waals surface area contributed by atoms with Gasteiger partial charge in [-0.05, 0) is 32.6 Å². The highest BCUT2D eigenvalue weighted by Gasteiger charge is 2.18. The number of aryl methyl sites for hydroxylation is 2. The predicted molar refractivity (Wildman–Crippen MR) is 60.5 cm³/mol. The van der Waals surface area contributed by atoms with Crippen LogP contribution >= 0.6 is 0 Å². The van der Waals surface area contributed by atoms with E-state index in [9.17, 15) is 4.39 Å². The van der Waals surface area contributed by atoms with Gasteiger partial charge < -0.3 is 0 Å². The average Bonchev–Trinajstić information content (AvgIpc) is 2.76. The molecule has 88 valence electrons. The van der Waals surface area contributed by atoms with Crippen LogP contribution in [0.1, 0.15) is 30.1 Å². The minimum atomic E-state index is -0.402. The maximum absolute atomic E-state index is 13.7. The number of hydrogen-bond donors (Lipinski definition) is 0. The van der Waals surface area contributed by atoms with Crippen LogP contribution in [0, 0.1) is 12.7 Å². The molecule has 2 aromatic rings. The van der Waals surface area contributed by atoms with Gasteiger partial charge >= 0.3 is 0 Å². The van der Waals surface area contributed by atoms with E-state index in [0.717, 1.165) is 37.1 Å². The number of halogens is 1. The number of aromatic nitrogens is 4. The first kappa shape index (κ1) is 10.4. The molecule has 2 heterocycles. The third-order valence-electron chi connectivity index (χ3n) is 3.10. The minimum absolute atomic E-state index is 0.313. The third kappa shape index (κ3) is 1.71. The number of imidazole rings is 1. The van der Waals surface area contributed by atoms with E-state index < -0.39 is 5.82 Å². The summed E-state index contributed by atoms with van der Waals surface area (Å²) in [6.45, 7) is 1.76. The van der Waals surface area contributed by atoms with Crippen LogP contribution in [0.4, 0.5) is 4.39 Å². The molecule has 0 unspecified atom stereocenters. The summed E-state index contributed by atoms with van der Waals surface area (Å²) in [5, 5.41) is 0. The zero-order valence-electron chi connectivity index (χ0n) is 9.65. The van der Waals surface area contributed by atoms with Crippen LogP contribution < -0.4 is 0 Å². The molecule has 0 aliphatic heterocycles. The Morgan fingerprint density at radius 1 is 1.24 bits per heavy atom. The standard InChI is InChI=1S/C12H13FN4/c1-8-14-6-9(13)12(16-8)17-7-15-10-4-2-3-5-11(10)17/h6-7H,2-5H2,1H3. The number of fused-ring (bicyclic) bond motifs is 1. The number of rotatable bonds is 1. The van der Waals surface area contributed by atoms with Gasteiger partial charge in [0.1, 0.15) is 12.2 Å². The molecular formula is C12H13FN4. The topological polar surface area (TPSA) is 43.6 Å². The zero-order chi connectivity index (χ0) is 11.8. The summed E-state index contributed by atoms with van der Waals surface area (Å²) in [5.74, 6) is 0.481. The minimum Gasteiger partial charge on any atom is -0.285 e. The third-order valence-corrected chi connectivity index (χ3v) is 3.10. The molecule has 0 bridgehead atoms. The fourth-order valence-corrected chi connectivity index (χ4v) is 2.26. The Labute approximate surface area is 98.6 Å². The molecule has 5 heteroatoms. The van der Waals surface area contributed by atoms with Gasteiger partial charge in [-0.15, -0.1) is 0 Å². The molecule has 0 spiro atoms. The highest BCUT2D eigenvalue weighted by atomic mass is 19.1. The van der Waals surface area contributed by atoms with Crippen LogP contribution in [0.3, 0.4) is 0 Å². The summed E-state index contributed by atoms with van der Waals surface area (Å²) in [6, 6.07) is 0. The predicted octanol–water partition coefficient (Wildman–Crippen LogP) is 1.99. The fourth-order valence-electron chi connectivity index (χ4n) is 2.26. The molecule has 4 nitrogen and oxygen atoms in total. The largest absolute Gasteiger partial charge is 0.285 e. The lowest BCUT2D eigenvalue weighted by molar-refractivity contribution is 0.589. The second kappa shape index (κ2) is 3.91. The van der Waals surface area contributed by atoms with Gasteiger partial charge in [-0.25, -0.2) is 19.3 Å². The lowest BCUT2D eigenvalue weighted by Gasteiger charge is -2.13. The average molecular weight is 232 g/mol. The van der Waals surface area contributed by atoms with Crippen molar-refractivity contribution in [3.05, 3.63) is 35.6 Å². The van der Waals surface area contributed by atoms with Crippen molar-refractivity contribution in [1.82, 2.24) is 19.5 Å². The van der Waals surface area contributed by atoms with E-state index in [1.807, 2.05) is 0 Å². The second-order valence-corrected chi connectivity index (χ2v) is 4.30. The molecule has 0 fully saturated rings. The Morgan fingerprint density at radius 2 is 2.06 bits per heavy atom. The molecule has 0 saturated heterocycles. The lowest BCUT2D eigenvalue weighted by atomic mass is 10.0. The van der Waals surface area contributed by atoms with Crippen molar-refractivity contribution in [2.24, 2.45) is 0 Å². The Hall–Kier alpha value is -1.78. The maximum atomic E-state index is 13.7. The monoisotopic (exact) mass is 232 g/mol. The number of nitrogens with zero attached hydrogens (tertiary/aromatic N) is 4. The van der Waals surface area contributed by atoms with E-state index in [-0.39, 0.29) is 0 Å². The van der Waals surface area contributed by atoms with Crippen molar-refractivity contribution in [2.45, 2.75) is 32.6 Å². The fraction of sp³-hybridized carbons (Fsp3) is 0.417. The van der Waals surface area contributed by atoms with Gasteiger partial charge in [0, 0.05) is 5.69 Å². The molecule has 0 amide bonds. The van der Waals surface area contributed by atoms with Crippen molar-refractivity contribution >= 4 is 0 Å². The SMILES string of the molecule is Cc1ncc(F)c(-n2cnc3c2CCCC3)n1. The van der Waals surface area contributed by atoms with Gasteiger partial charge in [-0.1, -0.05) is 0 Å². The molecule has 2 aromatic heterocycles. The van der Waals surface area contributed by atoms with Gasteiger partial charge in [0.15, 0.2) is 11.6 Å². The molecule has 0 atom stereocenters. The molecule has 1 aliphatic rings. The van der Waals surface area contributed by atoms with Crippen molar-refractivity contribution in [1.29, 1.82) is 0 Å². The molecule has 0 aromatic carbocycles. The second-order valence-electron chi connectivity index (χ2n) is 4.30. The Bertz CT molecular complexity index is 562. The van der Waals surface area contributed by atoms with Crippen molar-refractivity contribution in [2.75, 3.05) is 0 Å². The van der Waals surface area contributed by atoms with Gasteiger partial charge in [0.05, 0.1) is 11.9 Å². The van der Waals surface area contributed by atoms with E-state index in [0.29, 0.717) is 11.6 Å². The van der Waals surface area contributed by atoms with Crippen LogP contribution in [-0.2, 0) is 12.8 Å². The zero-order valence-corrected chi connectivity index (χ0v) is 9.65. The maximum Gasteiger partial charge on any atom is 0.184 e. The van der Waals surface area contributed by atoms with E-state index in [1.165, 1.54) is 6.20 Å². The van der Waals surface area contributed by atoms with Crippen LogP contribution in [-0.4, -0.2) is 19.5 Å². The van der Waals surface area contributed by atoms with Crippen molar-refractivity contribution < 1.29 is 4.39 Å². The van der Waals surface area contributed by atoms with E-state index in [2.05, 4.69) is 15.0 Å². The first-order chi connectivity index (χ1) is 8.25. The first-order valence-corrected chi connectivity index (χ1v) is 5.80. The summed E-state index contributed by atoms with van der Waals surface area (Å²) in [7, 11) is 0. The van der Waals surface area contributed by atoms with Gasteiger partial charge in [0.2, 0.25) is 0 Å². The van der Waals surface area contributed by atoms with Crippen LogP contribution in [0.5, 0.6) is 0 Å². The van der Waals surface area contributed by atoms with Gasteiger partial charge in [-0.3, -0.25) is 4.57 Å². The molecule has 0 N–H and O–H groups in total. The van der Waals surface area contributed by atoms with Crippen LogP contribution in [0.15, 0.2) is 12.5 Å². The van der Waals surface area contributed by atoms with Crippen LogP contribution in [0.25, 0.3) is 5.82 Å². The summed E-state index contributed by atoms with van der Waals surface area (Å²) in [4.78, 5) is 12.3. The summed E-state index contributed by atoms with van der Waals surface area (Å²) in [5.41, 5.74) is 2.17. The van der Waals surface area contributed by atoms with E-state index in [1.54, 1.807) is 17.8 Å². The van der Waals surface area contributed by atoms with Crippen molar-refractivity contribution in [3.8, 4) is 5.82 Å². The van der Waals surface area contributed by atoms with E-state index >= 15 is 0 Å². The first-order valence-electron chi connectivity index (χ1n) is 5.80. The molecule has 0 radical (unpaired) electrons. The van der Waals surface area contributed by atoms with Crippen LogP contribution in [0.2, 0.25) is 0 Å². The Balaban J connectivity index is 2.15. The molecule has 0 saturated carbocycles. The summed E-state index contributed by atoms with van der Waals surface area (Å²) >= 11 is 0. The Kier molecular flexibility index (Phi) is 2.39. The molecular weight excluding hydrogens is 219 g/mol. The lowest BCUT2D eigenvalue weighted by Crippen LogP contribution is -2.10. The molecule has 1 aliphatic carbocycles. The quantitative estimate of drug-likeness (QED) is 0.755. The molecule has 17 heavy (non-hydrogen) atoms. The van der Waals surface area contributed by atoms with Gasteiger partial charge in [0.25, 0.3) is 0 Å². The molecule has 3 rings (SSSR count). The van der Waals surface area contributed by atoms with Crippen molar-refractivity contribution in [3.63, 3.8) is 0 Å². The smallest absolute Gasteiger partial charge is 0.184 e. The Morgan fingerprint density at radius 3 is 2.94 bits per heavy atom. The summed E-state index contributed by atoms with van der Waals surface area (Å²) < 4.78 is 15.5. The van der Waals surface area contributed by atoms with E-state index in [4.69, 9.17) is 0 Å².